The Morgan fingerprint density at radius 3 is 2.69 bits per heavy atom. The molecule has 1 amide bonds. The third kappa shape index (κ3) is 3.94. The summed E-state index contributed by atoms with van der Waals surface area (Å²) >= 11 is 1.49. The normalized spacial score (nSPS) is 11.7. The van der Waals surface area contributed by atoms with Crippen LogP contribution in [0.5, 0.6) is 0 Å². The molecule has 0 bridgehead atoms. The standard InChI is InChI=1S/C19H20N2O4S/c1-19(2,3)25-15(22)6-8-20-17(23)11-4-5-12-14(10-11)21-18(24)13-7-9-26-16(12)13/h4-5,7,9-10H,6,8H2,1-3H3,(H,20,23)(H,21,24). The quantitative estimate of drug-likeness (QED) is 0.689. The first kappa shape index (κ1) is 18.1. The third-order valence-corrected chi connectivity index (χ3v) is 4.67. The number of esters is 1. The molecule has 3 aromatic rings. The van der Waals surface area contributed by atoms with E-state index in [2.05, 4.69) is 10.3 Å². The van der Waals surface area contributed by atoms with Gasteiger partial charge in [0.05, 0.1) is 17.3 Å². The van der Waals surface area contributed by atoms with Crippen LogP contribution in [0.25, 0.3) is 21.0 Å². The number of amides is 1. The highest BCUT2D eigenvalue weighted by Gasteiger charge is 2.16. The molecule has 0 spiro atoms. The van der Waals surface area contributed by atoms with Gasteiger partial charge >= 0.3 is 5.97 Å². The minimum absolute atomic E-state index is 0.100. The van der Waals surface area contributed by atoms with Crippen LogP contribution < -0.4 is 10.9 Å². The fourth-order valence-electron chi connectivity index (χ4n) is 2.65. The van der Waals surface area contributed by atoms with Crippen molar-refractivity contribution in [2.24, 2.45) is 0 Å². The van der Waals surface area contributed by atoms with Crippen LogP contribution in [0.3, 0.4) is 0 Å². The van der Waals surface area contributed by atoms with Gasteiger partial charge in [-0.05, 0) is 44.4 Å². The van der Waals surface area contributed by atoms with Crippen molar-refractivity contribution >= 4 is 44.2 Å². The molecule has 136 valence electrons. The molecule has 7 heteroatoms. The molecule has 6 nitrogen and oxygen atoms in total. The predicted octanol–water partition coefficient (Wildman–Crippen LogP) is 3.20. The van der Waals surface area contributed by atoms with E-state index in [1.807, 2.05) is 11.4 Å². The SMILES string of the molecule is CC(C)(C)OC(=O)CCNC(=O)c1ccc2c(c1)[nH]c(=O)c1ccsc12. The molecular formula is C19H20N2O4S. The molecule has 0 atom stereocenters. The minimum atomic E-state index is -0.543. The number of aromatic nitrogens is 1. The number of thiophene rings is 1. The number of hydrogen-bond donors (Lipinski definition) is 2. The van der Waals surface area contributed by atoms with Crippen molar-refractivity contribution < 1.29 is 14.3 Å². The van der Waals surface area contributed by atoms with E-state index in [1.165, 1.54) is 11.3 Å². The maximum Gasteiger partial charge on any atom is 0.308 e. The van der Waals surface area contributed by atoms with E-state index < -0.39 is 5.60 Å². The van der Waals surface area contributed by atoms with Crippen molar-refractivity contribution in [3.63, 3.8) is 0 Å². The van der Waals surface area contributed by atoms with Gasteiger partial charge in [-0.1, -0.05) is 6.07 Å². The Balaban J connectivity index is 1.72. The summed E-state index contributed by atoms with van der Waals surface area (Å²) in [4.78, 5) is 38.9. The maximum atomic E-state index is 12.3. The van der Waals surface area contributed by atoms with E-state index in [-0.39, 0.29) is 30.4 Å². The molecule has 0 aliphatic rings. The number of H-pyrrole nitrogens is 1. The largest absolute Gasteiger partial charge is 0.460 e. The first-order chi connectivity index (χ1) is 12.2. The van der Waals surface area contributed by atoms with Gasteiger partial charge < -0.3 is 15.0 Å². The molecule has 0 radical (unpaired) electrons. The van der Waals surface area contributed by atoms with Gasteiger partial charge in [0.1, 0.15) is 5.60 Å². The molecular weight excluding hydrogens is 352 g/mol. The summed E-state index contributed by atoms with van der Waals surface area (Å²) < 4.78 is 6.10. The lowest BCUT2D eigenvalue weighted by Crippen LogP contribution is -2.29. The van der Waals surface area contributed by atoms with Crippen molar-refractivity contribution in [2.45, 2.75) is 32.8 Å². The zero-order valence-electron chi connectivity index (χ0n) is 14.8. The Hall–Kier alpha value is -2.67. The molecule has 0 aliphatic carbocycles. The first-order valence-electron chi connectivity index (χ1n) is 8.28. The summed E-state index contributed by atoms with van der Waals surface area (Å²) in [7, 11) is 0. The van der Waals surface area contributed by atoms with Crippen LogP contribution in [0.4, 0.5) is 0 Å². The molecule has 2 heterocycles. The number of carbonyl (C=O) groups is 2. The van der Waals surface area contributed by atoms with Crippen LogP contribution in [0.15, 0.2) is 34.4 Å². The van der Waals surface area contributed by atoms with E-state index in [0.29, 0.717) is 16.5 Å². The Morgan fingerprint density at radius 2 is 1.96 bits per heavy atom. The van der Waals surface area contributed by atoms with Crippen molar-refractivity contribution in [3.8, 4) is 0 Å². The van der Waals surface area contributed by atoms with Gasteiger partial charge in [-0.2, -0.15) is 0 Å². The number of benzene rings is 1. The molecule has 0 saturated carbocycles. The first-order valence-corrected chi connectivity index (χ1v) is 9.16. The molecule has 1 aromatic carbocycles. The highest BCUT2D eigenvalue weighted by Crippen LogP contribution is 2.26. The van der Waals surface area contributed by atoms with Gasteiger partial charge in [0.15, 0.2) is 0 Å². The number of ether oxygens (including phenoxy) is 1. The second-order valence-electron chi connectivity index (χ2n) is 6.97. The average molecular weight is 372 g/mol. The summed E-state index contributed by atoms with van der Waals surface area (Å²) in [6, 6.07) is 6.98. The summed E-state index contributed by atoms with van der Waals surface area (Å²) in [6.45, 7) is 5.57. The average Bonchev–Trinajstić information content (AvgIpc) is 3.03. The van der Waals surface area contributed by atoms with Crippen molar-refractivity contribution in [3.05, 3.63) is 45.6 Å². The van der Waals surface area contributed by atoms with Crippen molar-refractivity contribution in [1.29, 1.82) is 0 Å². The van der Waals surface area contributed by atoms with Gasteiger partial charge in [0.25, 0.3) is 11.5 Å². The highest BCUT2D eigenvalue weighted by molar-refractivity contribution is 7.18. The van der Waals surface area contributed by atoms with Gasteiger partial charge in [-0.25, -0.2) is 0 Å². The minimum Gasteiger partial charge on any atom is -0.460 e. The van der Waals surface area contributed by atoms with E-state index in [4.69, 9.17) is 4.74 Å². The lowest BCUT2D eigenvalue weighted by molar-refractivity contribution is -0.154. The second-order valence-corrected chi connectivity index (χ2v) is 7.89. The fraction of sp³-hybridized carbons (Fsp3) is 0.316. The van der Waals surface area contributed by atoms with Crippen LogP contribution in [0.1, 0.15) is 37.6 Å². The fourth-order valence-corrected chi connectivity index (χ4v) is 3.58. The number of nitrogens with one attached hydrogen (secondary N) is 2. The van der Waals surface area contributed by atoms with Crippen molar-refractivity contribution in [2.75, 3.05) is 6.54 Å². The van der Waals surface area contributed by atoms with E-state index in [9.17, 15) is 14.4 Å². The molecule has 2 aromatic heterocycles. The van der Waals surface area contributed by atoms with E-state index in [0.717, 1.165) is 10.1 Å². The zero-order chi connectivity index (χ0) is 18.9. The smallest absolute Gasteiger partial charge is 0.308 e. The predicted molar refractivity (Wildman–Crippen MR) is 103 cm³/mol. The Labute approximate surface area is 154 Å². The third-order valence-electron chi connectivity index (χ3n) is 3.72. The van der Waals surface area contributed by atoms with Crippen molar-refractivity contribution in [1.82, 2.24) is 10.3 Å². The summed E-state index contributed by atoms with van der Waals surface area (Å²) in [5, 5.41) is 6.12. The number of aromatic amines is 1. The van der Waals surface area contributed by atoms with Gasteiger partial charge in [0.2, 0.25) is 0 Å². The Bertz CT molecular complexity index is 1040. The number of hydrogen-bond acceptors (Lipinski definition) is 5. The van der Waals surface area contributed by atoms with Crippen LogP contribution in [0, 0.1) is 0 Å². The van der Waals surface area contributed by atoms with Gasteiger partial charge in [-0.3, -0.25) is 14.4 Å². The number of fused-ring (bicyclic) bond motifs is 3. The second kappa shape index (κ2) is 6.92. The van der Waals surface area contributed by atoms with Crippen LogP contribution in [0.2, 0.25) is 0 Å². The topological polar surface area (TPSA) is 88.3 Å². The van der Waals surface area contributed by atoms with E-state index in [1.54, 1.807) is 39.0 Å². The van der Waals surface area contributed by atoms with Gasteiger partial charge in [0, 0.05) is 22.2 Å². The monoisotopic (exact) mass is 372 g/mol. The number of pyridine rings is 1. The summed E-state index contributed by atoms with van der Waals surface area (Å²) in [5.74, 6) is -0.664. The lowest BCUT2D eigenvalue weighted by Gasteiger charge is -2.19. The molecule has 0 aliphatic heterocycles. The van der Waals surface area contributed by atoms with Crippen LogP contribution in [-0.2, 0) is 9.53 Å². The molecule has 26 heavy (non-hydrogen) atoms. The molecule has 3 rings (SSSR count). The highest BCUT2D eigenvalue weighted by atomic mass is 32.1. The molecule has 0 fully saturated rings. The maximum absolute atomic E-state index is 12.3. The Morgan fingerprint density at radius 1 is 1.19 bits per heavy atom. The number of rotatable bonds is 4. The van der Waals surface area contributed by atoms with E-state index >= 15 is 0 Å². The summed E-state index contributed by atoms with van der Waals surface area (Å²) in [5.41, 5.74) is 0.326. The van der Waals surface area contributed by atoms with Crippen LogP contribution in [-0.4, -0.2) is 29.0 Å². The lowest BCUT2D eigenvalue weighted by atomic mass is 10.1. The summed E-state index contributed by atoms with van der Waals surface area (Å²) in [6.07, 6.45) is 0.100. The Kier molecular flexibility index (Phi) is 4.82. The molecule has 2 N–H and O–H groups in total. The van der Waals surface area contributed by atoms with Crippen LogP contribution >= 0.6 is 11.3 Å². The zero-order valence-corrected chi connectivity index (χ0v) is 15.7. The number of carbonyl (C=O) groups excluding carboxylic acids is 2. The molecule has 0 saturated heterocycles. The molecule has 0 unspecified atom stereocenters. The van der Waals surface area contributed by atoms with Gasteiger partial charge in [-0.15, -0.1) is 11.3 Å².